The minimum atomic E-state index is -0.416. The molecular weight excluding hydrogens is 330 g/mol. The quantitative estimate of drug-likeness (QED) is 0.826. The summed E-state index contributed by atoms with van der Waals surface area (Å²) in [7, 11) is 0. The van der Waals surface area contributed by atoms with Crippen LogP contribution in [0.2, 0.25) is 0 Å². The number of benzene rings is 2. The number of carbonyl (C=O) groups excluding carboxylic acids is 3. The Morgan fingerprint density at radius 2 is 1.77 bits per heavy atom. The van der Waals surface area contributed by atoms with E-state index in [1.165, 1.54) is 17.0 Å². The largest absolute Gasteiger partial charge is 0.348 e. The lowest BCUT2D eigenvalue weighted by atomic mass is 10.1. The predicted octanol–water partition coefficient (Wildman–Crippen LogP) is 2.18. The molecule has 2 aromatic rings. The Hall–Kier alpha value is -2.99. The first-order chi connectivity index (χ1) is 12.3. The van der Waals surface area contributed by atoms with E-state index in [-0.39, 0.29) is 23.4 Å². The van der Waals surface area contributed by atoms with Gasteiger partial charge in [0.2, 0.25) is 0 Å². The van der Waals surface area contributed by atoms with E-state index in [0.29, 0.717) is 23.4 Å². The number of imide groups is 1. The van der Waals surface area contributed by atoms with Crippen molar-refractivity contribution in [3.8, 4) is 0 Å². The van der Waals surface area contributed by atoms with Crippen LogP contribution in [0.4, 0.5) is 5.69 Å². The highest BCUT2D eigenvalue weighted by Crippen LogP contribution is 2.31. The van der Waals surface area contributed by atoms with Gasteiger partial charge in [-0.25, -0.2) is 4.90 Å². The van der Waals surface area contributed by atoms with Crippen molar-refractivity contribution in [2.75, 3.05) is 11.4 Å². The van der Waals surface area contributed by atoms with Crippen molar-refractivity contribution in [1.29, 1.82) is 0 Å². The van der Waals surface area contributed by atoms with Gasteiger partial charge in [-0.05, 0) is 56.2 Å². The van der Waals surface area contributed by atoms with Gasteiger partial charge in [-0.2, -0.15) is 0 Å². The van der Waals surface area contributed by atoms with Gasteiger partial charge in [-0.1, -0.05) is 12.1 Å². The topological polar surface area (TPSA) is 92.5 Å². The summed E-state index contributed by atoms with van der Waals surface area (Å²) in [5, 5.41) is 2.75. The van der Waals surface area contributed by atoms with Gasteiger partial charge >= 0.3 is 0 Å². The molecule has 0 saturated heterocycles. The molecule has 2 aromatic carbocycles. The lowest BCUT2D eigenvalue weighted by molar-refractivity contribution is 0.0922. The van der Waals surface area contributed by atoms with E-state index in [4.69, 9.17) is 5.73 Å². The summed E-state index contributed by atoms with van der Waals surface area (Å²) in [5.41, 5.74) is 8.75. The lowest BCUT2D eigenvalue weighted by Gasteiger charge is -2.17. The maximum Gasteiger partial charge on any atom is 0.266 e. The van der Waals surface area contributed by atoms with Crippen LogP contribution >= 0.6 is 0 Å². The molecule has 3 rings (SSSR count). The van der Waals surface area contributed by atoms with Gasteiger partial charge in [0.05, 0.1) is 16.8 Å². The van der Waals surface area contributed by atoms with Crippen molar-refractivity contribution < 1.29 is 14.4 Å². The molecule has 0 saturated carbocycles. The number of hydrogen-bond donors (Lipinski definition) is 2. The van der Waals surface area contributed by atoms with E-state index in [9.17, 15) is 14.4 Å². The first-order valence-electron chi connectivity index (χ1n) is 8.44. The molecule has 134 valence electrons. The third-order valence-corrected chi connectivity index (χ3v) is 4.49. The highest BCUT2D eigenvalue weighted by Gasteiger charge is 2.37. The standard InChI is InChI=1S/C20H21N3O3/c1-11-4-5-12(2)17(8-11)23-19(25)15-7-6-14(9-16(15)20(23)26)18(24)22-13(3)10-21/h4-9,13H,10,21H2,1-3H3,(H,22,24)/t13-/m0/s1. The second-order valence-corrected chi connectivity index (χ2v) is 6.61. The SMILES string of the molecule is Cc1ccc(C)c(N2C(=O)c3ccc(C(=O)N[C@@H](C)CN)cc3C2=O)c1. The van der Waals surface area contributed by atoms with Crippen molar-refractivity contribution in [2.24, 2.45) is 5.73 Å². The smallest absolute Gasteiger partial charge is 0.266 e. The minimum absolute atomic E-state index is 0.181. The fourth-order valence-corrected chi connectivity index (χ4v) is 2.93. The molecule has 0 unspecified atom stereocenters. The number of hydrogen-bond acceptors (Lipinski definition) is 4. The molecule has 6 heteroatoms. The summed E-state index contributed by atoms with van der Waals surface area (Å²) in [6.07, 6.45) is 0. The van der Waals surface area contributed by atoms with E-state index >= 15 is 0 Å². The second-order valence-electron chi connectivity index (χ2n) is 6.61. The summed E-state index contributed by atoms with van der Waals surface area (Å²) >= 11 is 0. The molecule has 0 spiro atoms. The first-order valence-corrected chi connectivity index (χ1v) is 8.44. The monoisotopic (exact) mass is 351 g/mol. The van der Waals surface area contributed by atoms with Gasteiger partial charge in [0.1, 0.15) is 0 Å². The third kappa shape index (κ3) is 2.99. The van der Waals surface area contributed by atoms with Crippen molar-refractivity contribution in [2.45, 2.75) is 26.8 Å². The van der Waals surface area contributed by atoms with Crippen LogP contribution in [0.15, 0.2) is 36.4 Å². The predicted molar refractivity (Wildman–Crippen MR) is 99.5 cm³/mol. The second kappa shape index (κ2) is 6.72. The molecule has 3 amide bonds. The molecule has 6 nitrogen and oxygen atoms in total. The van der Waals surface area contributed by atoms with Crippen molar-refractivity contribution >= 4 is 23.4 Å². The number of rotatable bonds is 4. The first kappa shape index (κ1) is 17.8. The fourth-order valence-electron chi connectivity index (χ4n) is 2.93. The molecule has 26 heavy (non-hydrogen) atoms. The summed E-state index contributed by atoms with van der Waals surface area (Å²) in [6, 6.07) is 9.99. The normalized spacial score (nSPS) is 14.4. The Kier molecular flexibility index (Phi) is 4.61. The Morgan fingerprint density at radius 1 is 1.08 bits per heavy atom. The van der Waals surface area contributed by atoms with E-state index in [0.717, 1.165) is 11.1 Å². The fraction of sp³-hybridized carbons (Fsp3) is 0.250. The lowest BCUT2D eigenvalue weighted by Crippen LogP contribution is -2.37. The Bertz CT molecular complexity index is 921. The van der Waals surface area contributed by atoms with Crippen LogP contribution in [-0.2, 0) is 0 Å². The summed E-state index contributed by atoms with van der Waals surface area (Å²) in [6.45, 7) is 5.87. The number of nitrogens with one attached hydrogen (secondary N) is 1. The van der Waals surface area contributed by atoms with Crippen molar-refractivity contribution in [1.82, 2.24) is 5.32 Å². The average molecular weight is 351 g/mol. The van der Waals surface area contributed by atoms with Crippen LogP contribution in [0.3, 0.4) is 0 Å². The molecule has 1 aliphatic heterocycles. The minimum Gasteiger partial charge on any atom is -0.348 e. The zero-order chi connectivity index (χ0) is 19.0. The molecule has 1 atom stereocenters. The van der Waals surface area contributed by atoms with E-state index < -0.39 is 5.91 Å². The summed E-state index contributed by atoms with van der Waals surface area (Å²) < 4.78 is 0. The van der Waals surface area contributed by atoms with Crippen molar-refractivity contribution in [3.63, 3.8) is 0 Å². The van der Waals surface area contributed by atoms with Crippen LogP contribution < -0.4 is 16.0 Å². The molecule has 0 radical (unpaired) electrons. The number of nitrogens with two attached hydrogens (primary N) is 1. The van der Waals surface area contributed by atoms with Gasteiger partial charge in [0.15, 0.2) is 0 Å². The van der Waals surface area contributed by atoms with Crippen LogP contribution in [-0.4, -0.2) is 30.3 Å². The van der Waals surface area contributed by atoms with E-state index in [1.54, 1.807) is 13.0 Å². The third-order valence-electron chi connectivity index (χ3n) is 4.49. The molecule has 1 heterocycles. The van der Waals surface area contributed by atoms with Crippen LogP contribution in [0.25, 0.3) is 0 Å². The average Bonchev–Trinajstić information content (AvgIpc) is 2.87. The molecule has 0 aromatic heterocycles. The number of fused-ring (bicyclic) bond motifs is 1. The molecular formula is C20H21N3O3. The Balaban J connectivity index is 1.98. The summed E-state index contributed by atoms with van der Waals surface area (Å²) in [4.78, 5) is 39.1. The maximum absolute atomic E-state index is 12.9. The van der Waals surface area contributed by atoms with Crippen LogP contribution in [0.5, 0.6) is 0 Å². The van der Waals surface area contributed by atoms with Crippen LogP contribution in [0.1, 0.15) is 49.1 Å². The highest BCUT2D eigenvalue weighted by molar-refractivity contribution is 6.35. The van der Waals surface area contributed by atoms with Gasteiger partial charge in [-0.3, -0.25) is 14.4 Å². The number of carbonyl (C=O) groups is 3. The number of aryl methyl sites for hydroxylation is 2. The maximum atomic E-state index is 12.9. The number of nitrogens with zero attached hydrogens (tertiary/aromatic N) is 1. The molecule has 0 bridgehead atoms. The van der Waals surface area contributed by atoms with Gasteiger partial charge in [-0.15, -0.1) is 0 Å². The molecule has 1 aliphatic rings. The van der Waals surface area contributed by atoms with Gasteiger partial charge in [0.25, 0.3) is 17.7 Å². The zero-order valence-corrected chi connectivity index (χ0v) is 15.0. The van der Waals surface area contributed by atoms with Crippen LogP contribution in [0, 0.1) is 13.8 Å². The molecule has 3 N–H and O–H groups in total. The molecule has 0 aliphatic carbocycles. The van der Waals surface area contributed by atoms with Gasteiger partial charge in [0, 0.05) is 18.2 Å². The Labute approximate surface area is 152 Å². The van der Waals surface area contributed by atoms with E-state index in [1.807, 2.05) is 32.0 Å². The number of amides is 3. The van der Waals surface area contributed by atoms with Crippen molar-refractivity contribution in [3.05, 3.63) is 64.2 Å². The number of anilines is 1. The summed E-state index contributed by atoms with van der Waals surface area (Å²) in [5.74, 6) is -1.11. The zero-order valence-electron chi connectivity index (χ0n) is 15.0. The molecule has 0 fully saturated rings. The van der Waals surface area contributed by atoms with Gasteiger partial charge < -0.3 is 11.1 Å². The highest BCUT2D eigenvalue weighted by atomic mass is 16.2. The van der Waals surface area contributed by atoms with E-state index in [2.05, 4.69) is 5.32 Å². The Morgan fingerprint density at radius 3 is 2.46 bits per heavy atom.